The summed E-state index contributed by atoms with van der Waals surface area (Å²) in [5.41, 5.74) is 3.16. The molecule has 7 unspecified atom stereocenters. The van der Waals surface area contributed by atoms with E-state index in [9.17, 15) is 19.8 Å². The number of allylic oxidation sites excluding steroid dienone is 4. The van der Waals surface area contributed by atoms with E-state index < -0.39 is 23.5 Å². The maximum atomic E-state index is 12.6. The first-order valence-electron chi connectivity index (χ1n) is 14.9. The minimum atomic E-state index is -1.10. The number of aliphatic carboxylic acids is 1. The summed E-state index contributed by atoms with van der Waals surface area (Å²) in [5, 5.41) is 28.6. The number of carbonyl (C=O) groups is 2. The zero-order chi connectivity index (χ0) is 29.0. The van der Waals surface area contributed by atoms with Crippen LogP contribution < -0.4 is 5.32 Å². The van der Waals surface area contributed by atoms with Crippen LogP contribution in [0, 0.1) is 28.6 Å². The summed E-state index contributed by atoms with van der Waals surface area (Å²) < 4.78 is 0. The van der Waals surface area contributed by atoms with E-state index in [-0.39, 0.29) is 23.9 Å². The normalized spacial score (nSPS) is 35.8. The molecule has 0 radical (unpaired) electrons. The highest BCUT2D eigenvalue weighted by atomic mass is 16.6. The van der Waals surface area contributed by atoms with Crippen molar-refractivity contribution in [2.45, 2.75) is 77.4 Å². The van der Waals surface area contributed by atoms with Crippen molar-refractivity contribution in [3.63, 3.8) is 0 Å². The third kappa shape index (κ3) is 4.70. The van der Waals surface area contributed by atoms with E-state index in [4.69, 9.17) is 4.84 Å². The van der Waals surface area contributed by atoms with Gasteiger partial charge in [-0.05, 0) is 92.4 Å². The highest BCUT2D eigenvalue weighted by Crippen LogP contribution is 2.66. The van der Waals surface area contributed by atoms with Crippen LogP contribution in [0.2, 0.25) is 0 Å². The Hall–Kier alpha value is -3.39. The molecule has 218 valence electrons. The second-order valence-electron chi connectivity index (χ2n) is 13.3. The number of para-hydroxylation sites is 1. The molecular weight excluding hydrogens is 518 g/mol. The van der Waals surface area contributed by atoms with Gasteiger partial charge in [0.1, 0.15) is 11.8 Å². The Morgan fingerprint density at radius 3 is 2.73 bits per heavy atom. The minimum absolute atomic E-state index is 0.000224. The molecule has 1 aromatic heterocycles. The van der Waals surface area contributed by atoms with Gasteiger partial charge in [-0.2, -0.15) is 0 Å². The van der Waals surface area contributed by atoms with Crippen LogP contribution in [0.25, 0.3) is 10.9 Å². The van der Waals surface area contributed by atoms with Crippen molar-refractivity contribution in [1.82, 2.24) is 10.3 Å². The molecule has 4 aliphatic rings. The zero-order valence-electron chi connectivity index (χ0n) is 24.2. The van der Waals surface area contributed by atoms with E-state index in [1.807, 2.05) is 37.3 Å². The summed E-state index contributed by atoms with van der Waals surface area (Å²) in [7, 11) is 0. The Labute approximate surface area is 240 Å². The lowest BCUT2D eigenvalue weighted by Crippen LogP contribution is -2.53. The van der Waals surface area contributed by atoms with Crippen LogP contribution in [0.4, 0.5) is 0 Å². The Bertz CT molecular complexity index is 1450. The van der Waals surface area contributed by atoms with Crippen LogP contribution in [0.5, 0.6) is 0 Å². The van der Waals surface area contributed by atoms with E-state index in [1.54, 1.807) is 6.20 Å². The number of oxime groups is 1. The molecule has 0 bridgehead atoms. The van der Waals surface area contributed by atoms with Gasteiger partial charge in [-0.25, -0.2) is 4.79 Å². The molecule has 4 N–H and O–H groups in total. The number of aromatic nitrogens is 1. The lowest BCUT2D eigenvalue weighted by Gasteiger charge is -2.58. The van der Waals surface area contributed by atoms with E-state index in [1.165, 1.54) is 5.57 Å². The Balaban J connectivity index is 1.07. The number of nitrogens with one attached hydrogen (secondary N) is 2. The van der Waals surface area contributed by atoms with Gasteiger partial charge >= 0.3 is 5.97 Å². The maximum absolute atomic E-state index is 12.6. The summed E-state index contributed by atoms with van der Waals surface area (Å²) in [6.45, 7) is 6.33. The number of hydrogen-bond acceptors (Lipinski definition) is 5. The fourth-order valence-electron chi connectivity index (χ4n) is 8.63. The lowest BCUT2D eigenvalue weighted by molar-refractivity contribution is -0.142. The fourth-order valence-corrected chi connectivity index (χ4v) is 8.63. The monoisotopic (exact) mass is 559 g/mol. The largest absolute Gasteiger partial charge is 0.480 e. The van der Waals surface area contributed by atoms with Crippen molar-refractivity contribution in [2.75, 3.05) is 6.61 Å². The van der Waals surface area contributed by atoms with E-state index in [0.29, 0.717) is 23.5 Å². The molecule has 0 aliphatic heterocycles. The van der Waals surface area contributed by atoms with Crippen molar-refractivity contribution in [3.8, 4) is 0 Å². The molecule has 7 atom stereocenters. The maximum Gasteiger partial charge on any atom is 0.326 e. The second kappa shape index (κ2) is 10.2. The van der Waals surface area contributed by atoms with E-state index in [2.05, 4.69) is 41.5 Å². The highest BCUT2D eigenvalue weighted by molar-refractivity contribution is 6.05. The van der Waals surface area contributed by atoms with Crippen LogP contribution in [-0.4, -0.2) is 51.0 Å². The molecular formula is C33H41N3O5. The third-order valence-corrected chi connectivity index (χ3v) is 11.2. The predicted molar refractivity (Wildman–Crippen MR) is 157 cm³/mol. The second-order valence-corrected chi connectivity index (χ2v) is 13.3. The molecule has 3 fully saturated rings. The van der Waals surface area contributed by atoms with Crippen molar-refractivity contribution >= 4 is 28.5 Å². The number of carboxylic acid groups (broad SMARTS) is 1. The SMILES string of the molecule is CC12C=CC(=NOCC(=O)NC(Cc3c[nH]c4ccccc34)C(=O)O)C=C1CCC1C2CCC2(C)C1CCC2(C)O. The Morgan fingerprint density at radius 2 is 1.93 bits per heavy atom. The molecule has 8 nitrogen and oxygen atoms in total. The summed E-state index contributed by atoms with van der Waals surface area (Å²) in [5.74, 6) is 0.0834. The number of aliphatic hydroxyl groups is 1. The molecule has 4 aliphatic carbocycles. The minimum Gasteiger partial charge on any atom is -0.480 e. The van der Waals surface area contributed by atoms with Gasteiger partial charge in [0.05, 0.1) is 5.60 Å². The topological polar surface area (TPSA) is 124 Å². The number of rotatable bonds is 7. The molecule has 8 heteroatoms. The highest BCUT2D eigenvalue weighted by Gasteiger charge is 2.62. The molecule has 3 saturated carbocycles. The van der Waals surface area contributed by atoms with Gasteiger partial charge in [0.15, 0.2) is 6.61 Å². The summed E-state index contributed by atoms with van der Waals surface area (Å²) in [6, 6.07) is 6.58. The van der Waals surface area contributed by atoms with Crippen molar-refractivity contribution in [3.05, 3.63) is 59.8 Å². The van der Waals surface area contributed by atoms with Crippen LogP contribution in [0.3, 0.4) is 0 Å². The summed E-state index contributed by atoms with van der Waals surface area (Å²) in [6.07, 6.45) is 14.6. The molecule has 6 rings (SSSR count). The number of carbonyl (C=O) groups excluding carboxylic acids is 1. The zero-order valence-corrected chi connectivity index (χ0v) is 24.2. The fraction of sp³-hybridized carbons (Fsp3) is 0.545. The number of hydrogen-bond donors (Lipinski definition) is 4. The predicted octanol–water partition coefficient (Wildman–Crippen LogP) is 5.14. The molecule has 1 aromatic carbocycles. The first kappa shape index (κ1) is 27.8. The molecule has 41 heavy (non-hydrogen) atoms. The quantitative estimate of drug-likeness (QED) is 0.350. The third-order valence-electron chi connectivity index (χ3n) is 11.2. The molecule has 2 aromatic rings. The standard InChI is InChI=1S/C33H41N3O5/c1-31-13-10-22(17-21(31)8-9-24-25(31)11-14-32(2)26(24)12-15-33(32,3)40)36-41-19-29(37)35-28(30(38)39)16-20-18-34-27-7-5-4-6-23(20)27/h4-7,10,13,17-18,24-26,28,34,40H,8-9,11-12,14-16,19H2,1-3H3,(H,35,37)(H,38,39). The molecule has 1 heterocycles. The van der Waals surface area contributed by atoms with Gasteiger partial charge in [0, 0.05) is 28.9 Å². The van der Waals surface area contributed by atoms with Gasteiger partial charge < -0.3 is 25.4 Å². The lowest BCUT2D eigenvalue weighted by atomic mass is 9.47. The van der Waals surface area contributed by atoms with Crippen molar-refractivity contribution in [2.24, 2.45) is 33.7 Å². The van der Waals surface area contributed by atoms with Crippen LogP contribution in [0.15, 0.2) is 59.4 Å². The smallest absolute Gasteiger partial charge is 0.326 e. The van der Waals surface area contributed by atoms with Crippen LogP contribution in [-0.2, 0) is 20.8 Å². The van der Waals surface area contributed by atoms with E-state index in [0.717, 1.165) is 55.0 Å². The van der Waals surface area contributed by atoms with Gasteiger partial charge in [0.2, 0.25) is 0 Å². The number of fused-ring (bicyclic) bond motifs is 6. The van der Waals surface area contributed by atoms with Gasteiger partial charge in [0.25, 0.3) is 5.91 Å². The number of H-pyrrole nitrogens is 1. The Kier molecular flexibility index (Phi) is 6.88. The van der Waals surface area contributed by atoms with Gasteiger partial charge in [-0.1, -0.05) is 48.9 Å². The summed E-state index contributed by atoms with van der Waals surface area (Å²) in [4.78, 5) is 33.0. The van der Waals surface area contributed by atoms with Crippen LogP contribution >= 0.6 is 0 Å². The summed E-state index contributed by atoms with van der Waals surface area (Å²) >= 11 is 0. The van der Waals surface area contributed by atoms with Crippen molar-refractivity contribution in [1.29, 1.82) is 0 Å². The number of nitrogens with zero attached hydrogens (tertiary/aromatic N) is 1. The van der Waals surface area contributed by atoms with Gasteiger partial charge in [-0.15, -0.1) is 0 Å². The number of amides is 1. The first-order chi connectivity index (χ1) is 19.5. The number of carboxylic acids is 1. The van der Waals surface area contributed by atoms with E-state index >= 15 is 0 Å². The molecule has 1 amide bonds. The first-order valence-corrected chi connectivity index (χ1v) is 14.9. The van der Waals surface area contributed by atoms with Crippen LogP contribution in [0.1, 0.15) is 64.9 Å². The van der Waals surface area contributed by atoms with Gasteiger partial charge in [-0.3, -0.25) is 4.79 Å². The average molecular weight is 560 g/mol. The number of aromatic amines is 1. The molecule has 0 spiro atoms. The Morgan fingerprint density at radius 1 is 1.15 bits per heavy atom. The van der Waals surface area contributed by atoms with Crippen molar-refractivity contribution < 1.29 is 24.6 Å². The number of benzene rings is 1. The molecule has 0 saturated heterocycles. The average Bonchev–Trinajstić information content (AvgIpc) is 3.45.